The van der Waals surface area contributed by atoms with Gasteiger partial charge in [0.2, 0.25) is 0 Å². The number of hydrogen-bond donors (Lipinski definition) is 0. The summed E-state index contributed by atoms with van der Waals surface area (Å²) < 4.78 is 4.83. The fraction of sp³-hybridized carbons (Fsp3) is 0. The SMILES string of the molecule is c1ccc(-c2ccc(-c3cc(-c4ccc(-c5nc6ccccc6c6c5c5ccccc5n6-c5ccc6ccccc6c5)cc4)nc(-c4ccccc4)n3)cc2)cc1.c1ccc(-c2ccc(-c3cc(-c4ccccc4)nc(-c4ccc(-c5nc6ccccc6c6c5c5ccccc5n6-c5ccc6ccccc6c5)cc4)n3)cc2)cc1. The molecule has 532 valence electrons. The van der Waals surface area contributed by atoms with Gasteiger partial charge in [0, 0.05) is 88.2 Å². The molecule has 0 aliphatic rings. The summed E-state index contributed by atoms with van der Waals surface area (Å²) in [5.74, 6) is 1.37. The third kappa shape index (κ3) is 12.2. The molecule has 22 rings (SSSR count). The molecule has 0 bridgehead atoms. The Hall–Kier alpha value is -15.4. The van der Waals surface area contributed by atoms with Crippen molar-refractivity contribution in [2.75, 3.05) is 0 Å². The van der Waals surface area contributed by atoms with E-state index in [0.29, 0.717) is 11.6 Å². The summed E-state index contributed by atoms with van der Waals surface area (Å²) in [5, 5.41) is 11.7. The molecule has 0 aliphatic carbocycles. The number of nitrogens with zero attached hydrogens (tertiary/aromatic N) is 8. The fourth-order valence-corrected chi connectivity index (χ4v) is 16.4. The maximum Gasteiger partial charge on any atom is 0.160 e. The smallest absolute Gasteiger partial charge is 0.160 e. The summed E-state index contributed by atoms with van der Waals surface area (Å²) in [4.78, 5) is 31.3. The summed E-state index contributed by atoms with van der Waals surface area (Å²) in [6.45, 7) is 0. The van der Waals surface area contributed by atoms with E-state index in [1.165, 1.54) is 54.6 Å². The van der Waals surface area contributed by atoms with Gasteiger partial charge in [-0.25, -0.2) is 29.9 Å². The van der Waals surface area contributed by atoms with Crippen molar-refractivity contribution in [2.24, 2.45) is 0 Å². The molecule has 6 aromatic heterocycles. The molecule has 0 saturated carbocycles. The monoisotopic (exact) mass is 1450 g/mol. The van der Waals surface area contributed by atoms with Crippen molar-refractivity contribution in [2.45, 2.75) is 0 Å². The maximum absolute atomic E-state index is 5.38. The van der Waals surface area contributed by atoms with Crippen LogP contribution in [0, 0.1) is 0 Å². The van der Waals surface area contributed by atoms with E-state index in [9.17, 15) is 0 Å². The minimum atomic E-state index is 0.676. The van der Waals surface area contributed by atoms with Crippen LogP contribution in [0.3, 0.4) is 0 Å². The molecule has 6 heterocycles. The molecule has 0 N–H and O–H groups in total. The summed E-state index contributed by atoms with van der Waals surface area (Å²) >= 11 is 0. The summed E-state index contributed by atoms with van der Waals surface area (Å²) in [6, 6.07) is 145. The maximum atomic E-state index is 5.38. The Bertz CT molecular complexity index is 6960. The molecule has 114 heavy (non-hydrogen) atoms. The van der Waals surface area contributed by atoms with Crippen LogP contribution in [-0.2, 0) is 0 Å². The molecule has 8 nitrogen and oxygen atoms in total. The van der Waals surface area contributed by atoms with Crippen molar-refractivity contribution in [3.05, 3.63) is 413 Å². The first-order valence-corrected chi connectivity index (χ1v) is 38.5. The van der Waals surface area contributed by atoms with E-state index in [1.54, 1.807) is 0 Å². The average molecular weight is 1450 g/mol. The molecule has 0 saturated heterocycles. The highest BCUT2D eigenvalue weighted by Crippen LogP contribution is 2.45. The van der Waals surface area contributed by atoms with E-state index in [-0.39, 0.29) is 0 Å². The molecule has 0 unspecified atom stereocenters. The Morgan fingerprint density at radius 1 is 0.175 bits per heavy atom. The van der Waals surface area contributed by atoms with Gasteiger partial charge in [-0.15, -0.1) is 0 Å². The molecule has 0 aliphatic heterocycles. The molecule has 0 amide bonds. The van der Waals surface area contributed by atoms with Gasteiger partial charge in [0.25, 0.3) is 0 Å². The van der Waals surface area contributed by atoms with Gasteiger partial charge in [-0.1, -0.05) is 352 Å². The molecule has 22 aromatic rings. The van der Waals surface area contributed by atoms with Gasteiger partial charge in [-0.2, -0.15) is 0 Å². The number of fused-ring (bicyclic) bond motifs is 12. The minimum absolute atomic E-state index is 0.676. The highest BCUT2D eigenvalue weighted by Gasteiger charge is 2.24. The standard InChI is InChI=1S/2C53H34N4/c1-3-13-35(14-4-1)37-23-25-38(26-24-37)47-34-48(56-53(55-47)41-16-5-2-6-17-41)39-27-29-40(30-28-39)51-50-45-20-10-12-22-49(45)57(52(50)44-19-9-11-21-46(44)54-51)43-32-31-36-15-7-8-18-42(36)33-43;1-3-13-35(14-4-1)37-23-25-39(26-24-37)48-34-47(38-16-5-2-6-17-38)55-53(56-48)41-29-27-40(28-30-41)51-50-45-20-10-12-22-49(45)57(52(50)44-19-9-11-21-46(44)54-51)43-32-31-36-15-7-8-18-42(36)33-43/h2*1-34H. The van der Waals surface area contributed by atoms with Crippen LogP contribution in [0.4, 0.5) is 0 Å². The van der Waals surface area contributed by atoms with E-state index >= 15 is 0 Å². The molecule has 0 radical (unpaired) electrons. The van der Waals surface area contributed by atoms with E-state index < -0.39 is 0 Å². The van der Waals surface area contributed by atoms with E-state index in [1.807, 2.05) is 36.4 Å². The van der Waals surface area contributed by atoms with Gasteiger partial charge in [0.15, 0.2) is 11.6 Å². The van der Waals surface area contributed by atoms with Crippen LogP contribution in [0.5, 0.6) is 0 Å². The lowest BCUT2D eigenvalue weighted by molar-refractivity contribution is 1.18. The Kier molecular flexibility index (Phi) is 16.7. The number of para-hydroxylation sites is 4. The van der Waals surface area contributed by atoms with Crippen molar-refractivity contribution < 1.29 is 0 Å². The lowest BCUT2D eigenvalue weighted by Crippen LogP contribution is -1.97. The summed E-state index contributed by atoms with van der Waals surface area (Å²) in [6.07, 6.45) is 0. The lowest BCUT2D eigenvalue weighted by atomic mass is 9.99. The molecule has 0 atom stereocenters. The Morgan fingerprint density at radius 2 is 0.447 bits per heavy atom. The third-order valence-electron chi connectivity index (χ3n) is 22.0. The number of pyridine rings is 2. The van der Waals surface area contributed by atoms with Crippen LogP contribution in [0.2, 0.25) is 0 Å². The van der Waals surface area contributed by atoms with Gasteiger partial charge in [0.05, 0.1) is 67.3 Å². The Morgan fingerprint density at radius 3 is 0.842 bits per heavy atom. The van der Waals surface area contributed by atoms with Gasteiger partial charge < -0.3 is 9.13 Å². The number of hydrogen-bond acceptors (Lipinski definition) is 6. The van der Waals surface area contributed by atoms with Crippen LogP contribution >= 0.6 is 0 Å². The highest BCUT2D eigenvalue weighted by molar-refractivity contribution is 6.24. The van der Waals surface area contributed by atoms with Crippen LogP contribution in [-0.4, -0.2) is 39.0 Å². The van der Waals surface area contributed by atoms with Gasteiger partial charge >= 0.3 is 0 Å². The molecule has 8 heteroatoms. The first-order chi connectivity index (χ1) is 56.5. The zero-order valence-corrected chi connectivity index (χ0v) is 61.8. The number of benzene rings is 16. The van der Waals surface area contributed by atoms with Crippen LogP contribution in [0.15, 0.2) is 413 Å². The fourth-order valence-electron chi connectivity index (χ4n) is 16.4. The molecule has 0 fully saturated rings. The third-order valence-corrected chi connectivity index (χ3v) is 22.0. The van der Waals surface area contributed by atoms with E-state index in [0.717, 1.165) is 145 Å². The molecule has 16 aromatic carbocycles. The number of rotatable bonds is 12. The quantitative estimate of drug-likeness (QED) is 0.121. The Balaban J connectivity index is 0.000000143. The Labute approximate surface area is 658 Å². The molecular weight excluding hydrogens is 1390 g/mol. The van der Waals surface area contributed by atoms with Gasteiger partial charge in [0.1, 0.15) is 0 Å². The van der Waals surface area contributed by atoms with Crippen molar-refractivity contribution in [3.63, 3.8) is 0 Å². The van der Waals surface area contributed by atoms with Crippen molar-refractivity contribution in [1.82, 2.24) is 39.0 Å². The van der Waals surface area contributed by atoms with Crippen molar-refractivity contribution >= 4 is 87.0 Å². The van der Waals surface area contributed by atoms with Crippen molar-refractivity contribution in [1.29, 1.82) is 0 Å². The summed E-state index contributed by atoms with van der Waals surface area (Å²) in [5.41, 5.74) is 27.0. The van der Waals surface area contributed by atoms with Crippen LogP contribution < -0.4 is 0 Å². The second kappa shape index (κ2) is 28.6. The second-order valence-electron chi connectivity index (χ2n) is 28.9. The van der Waals surface area contributed by atoms with Crippen LogP contribution in [0.25, 0.3) is 211 Å². The first kappa shape index (κ1) is 66.8. The lowest BCUT2D eigenvalue weighted by Gasteiger charge is -2.13. The van der Waals surface area contributed by atoms with Gasteiger partial charge in [-0.3, -0.25) is 0 Å². The molecular formula is C106H68N8. The topological polar surface area (TPSA) is 87.2 Å². The van der Waals surface area contributed by atoms with E-state index in [2.05, 4.69) is 385 Å². The largest absolute Gasteiger partial charge is 0.308 e. The van der Waals surface area contributed by atoms with Crippen molar-refractivity contribution in [3.8, 4) is 124 Å². The summed E-state index contributed by atoms with van der Waals surface area (Å²) in [7, 11) is 0. The predicted molar refractivity (Wildman–Crippen MR) is 473 cm³/mol. The van der Waals surface area contributed by atoms with Crippen LogP contribution in [0.1, 0.15) is 0 Å². The van der Waals surface area contributed by atoms with Gasteiger partial charge in [-0.05, 0) is 104 Å². The zero-order valence-electron chi connectivity index (χ0n) is 61.8. The highest BCUT2D eigenvalue weighted by atomic mass is 15.0. The normalized spacial score (nSPS) is 11.5. The zero-order chi connectivity index (χ0) is 75.4. The minimum Gasteiger partial charge on any atom is -0.308 e. The first-order valence-electron chi connectivity index (χ1n) is 38.5. The second-order valence-corrected chi connectivity index (χ2v) is 28.9. The number of aromatic nitrogens is 8. The molecule has 0 spiro atoms. The average Bonchev–Trinajstić information content (AvgIpc) is 1.56. The van der Waals surface area contributed by atoms with E-state index in [4.69, 9.17) is 29.9 Å². The predicted octanol–water partition coefficient (Wildman–Crippen LogP) is 27.2.